The Kier molecular flexibility index (Phi) is 4.31. The summed E-state index contributed by atoms with van der Waals surface area (Å²) in [5.41, 5.74) is 5.39. The highest BCUT2D eigenvalue weighted by Gasteiger charge is 2.43. The third kappa shape index (κ3) is 4.16. The summed E-state index contributed by atoms with van der Waals surface area (Å²) in [5.74, 6) is 0. The van der Waals surface area contributed by atoms with E-state index in [9.17, 15) is 4.79 Å². The van der Waals surface area contributed by atoms with Gasteiger partial charge in [-0.15, -0.1) is 0 Å². The first-order valence-corrected chi connectivity index (χ1v) is 6.77. The van der Waals surface area contributed by atoms with Crippen molar-refractivity contribution >= 4 is 6.09 Å². The van der Waals surface area contributed by atoms with Gasteiger partial charge in [0.25, 0.3) is 0 Å². The van der Waals surface area contributed by atoms with E-state index in [0.717, 1.165) is 12.8 Å². The zero-order chi connectivity index (χ0) is 14.1. The van der Waals surface area contributed by atoms with Gasteiger partial charge in [-0.25, -0.2) is 4.79 Å². The molecule has 0 heterocycles. The fourth-order valence-electron chi connectivity index (χ4n) is 2.08. The molecule has 1 aliphatic rings. The molecule has 1 amide bonds. The molecule has 4 heteroatoms. The van der Waals surface area contributed by atoms with E-state index in [1.165, 1.54) is 0 Å². The van der Waals surface area contributed by atoms with Crippen LogP contribution in [0.4, 0.5) is 4.79 Å². The number of nitrogens with zero attached hydrogens (tertiary/aromatic N) is 1. The minimum absolute atomic E-state index is 0.0276. The molecule has 1 rings (SSSR count). The Morgan fingerprint density at radius 3 is 2.06 bits per heavy atom. The van der Waals surface area contributed by atoms with Crippen molar-refractivity contribution in [1.29, 1.82) is 0 Å². The Bertz CT molecular complexity index is 298. The molecule has 4 nitrogen and oxygen atoms in total. The smallest absolute Gasteiger partial charge is 0.410 e. The first kappa shape index (κ1) is 15.3. The second kappa shape index (κ2) is 5.08. The Hall–Kier alpha value is -0.770. The largest absolute Gasteiger partial charge is 0.444 e. The van der Waals surface area contributed by atoms with E-state index in [1.807, 2.05) is 25.7 Å². The van der Waals surface area contributed by atoms with Gasteiger partial charge in [-0.1, -0.05) is 20.8 Å². The van der Waals surface area contributed by atoms with Gasteiger partial charge in [0.15, 0.2) is 0 Å². The number of ether oxygens (including phenoxy) is 1. The summed E-state index contributed by atoms with van der Waals surface area (Å²) in [5, 5.41) is 0. The van der Waals surface area contributed by atoms with Gasteiger partial charge in [-0.05, 0) is 39.0 Å². The Labute approximate surface area is 111 Å². The van der Waals surface area contributed by atoms with Crippen LogP contribution in [0, 0.1) is 5.41 Å². The number of carbonyl (C=O) groups is 1. The maximum Gasteiger partial charge on any atom is 0.410 e. The first-order valence-electron chi connectivity index (χ1n) is 6.77. The van der Waals surface area contributed by atoms with E-state index in [-0.39, 0.29) is 17.6 Å². The van der Waals surface area contributed by atoms with Gasteiger partial charge in [-0.2, -0.15) is 0 Å². The fraction of sp³-hybridized carbons (Fsp3) is 0.929. The van der Waals surface area contributed by atoms with E-state index in [0.29, 0.717) is 12.6 Å². The number of hydrogen-bond acceptors (Lipinski definition) is 3. The second-order valence-electron chi connectivity index (χ2n) is 7.24. The van der Waals surface area contributed by atoms with Gasteiger partial charge < -0.3 is 15.4 Å². The maximum absolute atomic E-state index is 12.3. The van der Waals surface area contributed by atoms with Gasteiger partial charge in [-0.3, -0.25) is 0 Å². The summed E-state index contributed by atoms with van der Waals surface area (Å²) < 4.78 is 5.51. The van der Waals surface area contributed by atoms with Crippen molar-refractivity contribution in [3.8, 4) is 0 Å². The summed E-state index contributed by atoms with van der Waals surface area (Å²) >= 11 is 0. The van der Waals surface area contributed by atoms with E-state index in [1.54, 1.807) is 0 Å². The van der Waals surface area contributed by atoms with Crippen LogP contribution < -0.4 is 5.73 Å². The normalized spacial score (nSPS) is 18.4. The third-order valence-electron chi connectivity index (χ3n) is 3.10. The number of carbonyl (C=O) groups excluding carboxylic acids is 1. The lowest BCUT2D eigenvalue weighted by molar-refractivity contribution is 0.000988. The number of nitrogens with two attached hydrogens (primary N) is 1. The van der Waals surface area contributed by atoms with Gasteiger partial charge in [0, 0.05) is 12.6 Å². The minimum atomic E-state index is -0.457. The van der Waals surface area contributed by atoms with Crippen molar-refractivity contribution in [3.63, 3.8) is 0 Å². The van der Waals surface area contributed by atoms with Crippen LogP contribution in [0.15, 0.2) is 0 Å². The molecule has 0 saturated heterocycles. The average molecular weight is 256 g/mol. The van der Waals surface area contributed by atoms with Gasteiger partial charge in [0.1, 0.15) is 5.60 Å². The lowest BCUT2D eigenvalue weighted by atomic mass is 9.85. The van der Waals surface area contributed by atoms with Crippen LogP contribution in [-0.2, 0) is 4.74 Å². The van der Waals surface area contributed by atoms with E-state index in [2.05, 4.69) is 20.8 Å². The van der Waals surface area contributed by atoms with Crippen LogP contribution in [0.1, 0.15) is 54.4 Å². The molecule has 0 spiro atoms. The second-order valence-corrected chi connectivity index (χ2v) is 7.24. The van der Waals surface area contributed by atoms with Crippen molar-refractivity contribution < 1.29 is 9.53 Å². The number of rotatable bonds is 3. The zero-order valence-corrected chi connectivity index (χ0v) is 12.6. The van der Waals surface area contributed by atoms with Crippen LogP contribution in [0.25, 0.3) is 0 Å². The van der Waals surface area contributed by atoms with Gasteiger partial charge in [0.05, 0.1) is 6.04 Å². The molecule has 1 fully saturated rings. The molecule has 0 aromatic heterocycles. The first-order chi connectivity index (χ1) is 8.06. The van der Waals surface area contributed by atoms with Crippen LogP contribution in [0.2, 0.25) is 0 Å². The maximum atomic E-state index is 12.3. The van der Waals surface area contributed by atoms with E-state index in [4.69, 9.17) is 10.5 Å². The zero-order valence-electron chi connectivity index (χ0n) is 12.6. The molecule has 0 aromatic rings. The molecule has 106 valence electrons. The van der Waals surface area contributed by atoms with Crippen LogP contribution in [-0.4, -0.2) is 35.2 Å². The highest BCUT2D eigenvalue weighted by Crippen LogP contribution is 2.35. The molecule has 0 aromatic carbocycles. The van der Waals surface area contributed by atoms with Crippen molar-refractivity contribution in [3.05, 3.63) is 0 Å². The van der Waals surface area contributed by atoms with Crippen LogP contribution in [0.3, 0.4) is 0 Å². The van der Waals surface area contributed by atoms with Gasteiger partial charge in [0.2, 0.25) is 0 Å². The van der Waals surface area contributed by atoms with E-state index < -0.39 is 5.60 Å². The lowest BCUT2D eigenvalue weighted by Crippen LogP contribution is -2.53. The molecular formula is C14H28N2O2. The topological polar surface area (TPSA) is 55.6 Å². The highest BCUT2D eigenvalue weighted by molar-refractivity contribution is 5.69. The molecule has 18 heavy (non-hydrogen) atoms. The summed E-state index contributed by atoms with van der Waals surface area (Å²) in [6.07, 6.45) is 1.90. The summed E-state index contributed by atoms with van der Waals surface area (Å²) in [7, 11) is 0. The molecule has 1 aliphatic carbocycles. The standard InChI is InChI=1S/C14H28N2O2/c1-13(2,3)11(9-15)16(10-7-8-10)12(17)18-14(4,5)6/h10-11H,7-9,15H2,1-6H3. The summed E-state index contributed by atoms with van der Waals surface area (Å²) in [4.78, 5) is 14.2. The minimum Gasteiger partial charge on any atom is -0.444 e. The predicted molar refractivity (Wildman–Crippen MR) is 73.4 cm³/mol. The number of hydrogen-bond donors (Lipinski definition) is 1. The SMILES string of the molecule is CC(C)(C)OC(=O)N(C1CC1)C(CN)C(C)(C)C. The molecule has 1 saturated carbocycles. The quantitative estimate of drug-likeness (QED) is 0.844. The summed E-state index contributed by atoms with van der Waals surface area (Å²) in [6, 6.07) is 0.340. The van der Waals surface area contributed by atoms with Crippen molar-refractivity contribution in [2.45, 2.75) is 72.1 Å². The fourth-order valence-corrected chi connectivity index (χ4v) is 2.08. The number of amides is 1. The third-order valence-corrected chi connectivity index (χ3v) is 3.10. The Morgan fingerprint density at radius 1 is 1.28 bits per heavy atom. The average Bonchev–Trinajstić information content (AvgIpc) is 2.91. The molecule has 1 unspecified atom stereocenters. The molecule has 0 aliphatic heterocycles. The Balaban J connectivity index is 2.85. The van der Waals surface area contributed by atoms with Crippen molar-refractivity contribution in [2.75, 3.05) is 6.54 Å². The predicted octanol–water partition coefficient (Wildman–Crippen LogP) is 2.76. The highest BCUT2D eigenvalue weighted by atomic mass is 16.6. The van der Waals surface area contributed by atoms with Crippen LogP contribution in [0.5, 0.6) is 0 Å². The molecule has 0 bridgehead atoms. The lowest BCUT2D eigenvalue weighted by Gasteiger charge is -2.40. The van der Waals surface area contributed by atoms with Crippen molar-refractivity contribution in [2.24, 2.45) is 11.1 Å². The summed E-state index contributed by atoms with van der Waals surface area (Å²) in [6.45, 7) is 12.5. The van der Waals surface area contributed by atoms with E-state index >= 15 is 0 Å². The molecule has 0 radical (unpaired) electrons. The van der Waals surface area contributed by atoms with Gasteiger partial charge >= 0.3 is 6.09 Å². The monoisotopic (exact) mass is 256 g/mol. The molecule has 2 N–H and O–H groups in total. The molecule has 1 atom stereocenters. The van der Waals surface area contributed by atoms with Crippen LogP contribution >= 0.6 is 0 Å². The molecular weight excluding hydrogens is 228 g/mol. The van der Waals surface area contributed by atoms with Crippen molar-refractivity contribution in [1.82, 2.24) is 4.90 Å². The Morgan fingerprint density at radius 2 is 1.78 bits per heavy atom.